The molecule has 3 rings (SSSR count). The average Bonchev–Trinajstić information content (AvgIpc) is 3.03. The number of rotatable bonds is 6. The number of amides is 2. The van der Waals surface area contributed by atoms with Gasteiger partial charge in [0.05, 0.1) is 32.0 Å². The van der Waals surface area contributed by atoms with Crippen LogP contribution in [-0.2, 0) is 9.47 Å². The number of halogens is 3. The maximum absolute atomic E-state index is 12.2. The van der Waals surface area contributed by atoms with Crippen molar-refractivity contribution in [1.29, 1.82) is 0 Å². The highest BCUT2D eigenvalue weighted by Gasteiger charge is 2.46. The van der Waals surface area contributed by atoms with E-state index in [0.29, 0.717) is 26.3 Å². The number of morpholine rings is 1. The second kappa shape index (κ2) is 9.79. The van der Waals surface area contributed by atoms with Gasteiger partial charge in [0.25, 0.3) is 0 Å². The number of ether oxygens (including phenoxy) is 3. The Morgan fingerprint density at radius 2 is 1.87 bits per heavy atom. The van der Waals surface area contributed by atoms with Crippen LogP contribution in [0.1, 0.15) is 0 Å². The molecule has 0 aromatic heterocycles. The van der Waals surface area contributed by atoms with Crippen molar-refractivity contribution in [1.82, 2.24) is 10.2 Å². The molecule has 1 aromatic carbocycles. The molecule has 30 heavy (non-hydrogen) atoms. The molecule has 1 aromatic rings. The molecular weight excluding hydrogens is 411 g/mol. The number of hydrogen-bond acceptors (Lipinski definition) is 7. The van der Waals surface area contributed by atoms with Crippen molar-refractivity contribution in [3.63, 3.8) is 0 Å². The minimum atomic E-state index is -4.79. The summed E-state index contributed by atoms with van der Waals surface area (Å²) in [5.74, 6) is -0.398. The lowest BCUT2D eigenvalue weighted by molar-refractivity contribution is -0.274. The van der Waals surface area contributed by atoms with Crippen LogP contribution in [0.3, 0.4) is 0 Å². The minimum absolute atomic E-state index is 0.0662. The molecule has 4 N–H and O–H groups in total. The van der Waals surface area contributed by atoms with Gasteiger partial charge in [-0.25, -0.2) is 4.79 Å². The summed E-state index contributed by atoms with van der Waals surface area (Å²) in [6.45, 7) is 1.94. The van der Waals surface area contributed by atoms with Gasteiger partial charge < -0.3 is 35.1 Å². The van der Waals surface area contributed by atoms with Gasteiger partial charge >= 0.3 is 12.4 Å². The average molecular weight is 435 g/mol. The van der Waals surface area contributed by atoms with E-state index in [9.17, 15) is 28.2 Å². The topological polar surface area (TPSA) is 113 Å². The number of nitrogens with one attached hydrogen (secondary N) is 2. The third-order valence-electron chi connectivity index (χ3n) is 4.92. The summed E-state index contributed by atoms with van der Waals surface area (Å²) in [5, 5.41) is 25.0. The first-order valence-electron chi connectivity index (χ1n) is 9.43. The first-order valence-corrected chi connectivity index (χ1v) is 9.43. The molecule has 2 aliphatic rings. The smallest absolute Gasteiger partial charge is 0.406 e. The Morgan fingerprint density at radius 1 is 1.20 bits per heavy atom. The highest BCUT2D eigenvalue weighted by Crippen LogP contribution is 2.27. The molecule has 0 aliphatic carbocycles. The molecule has 0 unspecified atom stereocenters. The van der Waals surface area contributed by atoms with Gasteiger partial charge in [-0.1, -0.05) is 0 Å². The summed E-state index contributed by atoms with van der Waals surface area (Å²) in [4.78, 5) is 14.2. The van der Waals surface area contributed by atoms with Gasteiger partial charge in [0, 0.05) is 25.3 Å². The van der Waals surface area contributed by atoms with Gasteiger partial charge in [-0.3, -0.25) is 4.90 Å². The number of carbonyl (C=O) groups excluding carboxylic acids is 1. The molecular formula is C18H24F3N3O6. The number of aliphatic hydroxyl groups is 2. The molecule has 0 bridgehead atoms. The molecule has 12 heteroatoms. The third kappa shape index (κ3) is 5.95. The van der Waals surface area contributed by atoms with Crippen molar-refractivity contribution in [3.8, 4) is 5.75 Å². The number of urea groups is 1. The molecule has 2 aliphatic heterocycles. The first-order chi connectivity index (χ1) is 14.3. The largest absolute Gasteiger partial charge is 0.573 e. The maximum atomic E-state index is 12.2. The van der Waals surface area contributed by atoms with Crippen molar-refractivity contribution in [2.24, 2.45) is 0 Å². The lowest BCUT2D eigenvalue weighted by atomic mass is 10.0. The summed E-state index contributed by atoms with van der Waals surface area (Å²) < 4.78 is 51.4. The molecule has 168 valence electrons. The van der Waals surface area contributed by atoms with Crippen molar-refractivity contribution in [2.45, 2.75) is 30.7 Å². The van der Waals surface area contributed by atoms with E-state index in [1.807, 2.05) is 4.90 Å². The predicted octanol–water partition coefficient (Wildman–Crippen LogP) is 0.528. The van der Waals surface area contributed by atoms with E-state index in [2.05, 4.69) is 15.4 Å². The van der Waals surface area contributed by atoms with Crippen LogP contribution in [0, 0.1) is 0 Å². The number of aliphatic hydroxyl groups excluding tert-OH is 2. The van der Waals surface area contributed by atoms with Crippen LogP contribution in [0.25, 0.3) is 0 Å². The molecule has 2 fully saturated rings. The van der Waals surface area contributed by atoms with E-state index in [4.69, 9.17) is 9.47 Å². The van der Waals surface area contributed by atoms with Gasteiger partial charge in [0.2, 0.25) is 0 Å². The second-order valence-electron chi connectivity index (χ2n) is 6.93. The molecule has 2 amide bonds. The Hall–Kier alpha value is -2.12. The Morgan fingerprint density at radius 3 is 2.47 bits per heavy atom. The monoisotopic (exact) mass is 435 g/mol. The van der Waals surface area contributed by atoms with Gasteiger partial charge in [0.1, 0.15) is 18.0 Å². The van der Waals surface area contributed by atoms with Crippen LogP contribution >= 0.6 is 0 Å². The van der Waals surface area contributed by atoms with E-state index >= 15 is 0 Å². The molecule has 0 saturated carbocycles. The standard InChI is InChI=1S/C18H24F3N3O6/c19-18(20,21)30-12-3-1-11(2-4-12)23-17(27)22-9-13-15(16(26)14(10-25)29-13)24-5-7-28-8-6-24/h1-4,13-16,25-26H,5-10H2,(H2,22,23,27)/t13-,14+,15+,16-/m1/s1. The van der Waals surface area contributed by atoms with Crippen molar-refractivity contribution in [3.05, 3.63) is 24.3 Å². The Balaban J connectivity index is 1.53. The fourth-order valence-electron chi connectivity index (χ4n) is 3.58. The number of anilines is 1. The minimum Gasteiger partial charge on any atom is -0.406 e. The number of nitrogens with zero attached hydrogens (tertiary/aromatic N) is 1. The predicted molar refractivity (Wildman–Crippen MR) is 98.1 cm³/mol. The fourth-order valence-corrected chi connectivity index (χ4v) is 3.58. The number of alkyl halides is 3. The van der Waals surface area contributed by atoms with Crippen molar-refractivity contribution >= 4 is 11.7 Å². The zero-order valence-electron chi connectivity index (χ0n) is 16.0. The molecule has 2 saturated heterocycles. The molecule has 2 heterocycles. The highest BCUT2D eigenvalue weighted by molar-refractivity contribution is 5.89. The van der Waals surface area contributed by atoms with Crippen LogP contribution in [0.4, 0.5) is 23.7 Å². The number of hydrogen-bond donors (Lipinski definition) is 4. The molecule has 9 nitrogen and oxygen atoms in total. The Labute approximate surface area is 170 Å². The quantitative estimate of drug-likeness (QED) is 0.516. The van der Waals surface area contributed by atoms with Gasteiger partial charge in [-0.15, -0.1) is 13.2 Å². The van der Waals surface area contributed by atoms with Crippen LogP contribution in [0.2, 0.25) is 0 Å². The summed E-state index contributed by atoms with van der Waals surface area (Å²) >= 11 is 0. The zero-order chi connectivity index (χ0) is 21.7. The second-order valence-corrected chi connectivity index (χ2v) is 6.93. The molecule has 0 radical (unpaired) electrons. The summed E-state index contributed by atoms with van der Waals surface area (Å²) in [5.41, 5.74) is 0.271. The first kappa shape index (κ1) is 22.6. The molecule has 4 atom stereocenters. The molecule has 0 spiro atoms. The fraction of sp³-hybridized carbons (Fsp3) is 0.611. The van der Waals surface area contributed by atoms with Gasteiger partial charge in [-0.2, -0.15) is 0 Å². The number of benzene rings is 1. The van der Waals surface area contributed by atoms with Crippen LogP contribution in [-0.4, -0.2) is 91.3 Å². The Bertz CT molecular complexity index is 699. The van der Waals surface area contributed by atoms with Crippen molar-refractivity contribution < 1.29 is 42.4 Å². The number of carbonyl (C=O) groups is 1. The van der Waals surface area contributed by atoms with E-state index in [0.717, 1.165) is 12.1 Å². The zero-order valence-corrected chi connectivity index (χ0v) is 16.0. The van der Waals surface area contributed by atoms with E-state index in [1.165, 1.54) is 12.1 Å². The normalized spacial score (nSPS) is 27.6. The van der Waals surface area contributed by atoms with Crippen LogP contribution < -0.4 is 15.4 Å². The van der Waals surface area contributed by atoms with Crippen LogP contribution in [0.5, 0.6) is 5.75 Å². The van der Waals surface area contributed by atoms with Gasteiger partial charge in [0.15, 0.2) is 0 Å². The van der Waals surface area contributed by atoms with Gasteiger partial charge in [-0.05, 0) is 24.3 Å². The highest BCUT2D eigenvalue weighted by atomic mass is 19.4. The lowest BCUT2D eigenvalue weighted by Gasteiger charge is -2.36. The maximum Gasteiger partial charge on any atom is 0.573 e. The lowest BCUT2D eigenvalue weighted by Crippen LogP contribution is -2.54. The van der Waals surface area contributed by atoms with E-state index in [1.54, 1.807) is 0 Å². The summed E-state index contributed by atoms with van der Waals surface area (Å²) in [7, 11) is 0. The van der Waals surface area contributed by atoms with Crippen LogP contribution in [0.15, 0.2) is 24.3 Å². The van der Waals surface area contributed by atoms with E-state index < -0.39 is 42.5 Å². The summed E-state index contributed by atoms with van der Waals surface area (Å²) in [6.07, 6.45) is -7.01. The third-order valence-corrected chi connectivity index (χ3v) is 4.92. The van der Waals surface area contributed by atoms with Crippen molar-refractivity contribution in [2.75, 3.05) is 44.8 Å². The summed E-state index contributed by atoms with van der Waals surface area (Å²) in [6, 6.07) is 3.71. The SMILES string of the molecule is O=C(NC[C@H]1O[C@@H](CO)[C@@H](O)[C@H]1N1CCOCC1)Nc1ccc(OC(F)(F)F)cc1. The Kier molecular flexibility index (Phi) is 7.36. The van der Waals surface area contributed by atoms with E-state index in [-0.39, 0.29) is 18.8 Å².